The average Bonchev–Trinajstić information content (AvgIpc) is 2.57. The number of nitrogens with one attached hydrogen (secondary N) is 1. The number of hydrogen-bond donors (Lipinski definition) is 1. The molecule has 16 heavy (non-hydrogen) atoms. The van der Waals surface area contributed by atoms with Crippen molar-refractivity contribution in [1.82, 2.24) is 10.2 Å². The van der Waals surface area contributed by atoms with Crippen molar-refractivity contribution in [2.45, 2.75) is 13.5 Å². The molecule has 0 aliphatic rings. The molecule has 1 aromatic rings. The normalized spacial score (nSPS) is 10.5. The number of thiophene rings is 1. The van der Waals surface area contributed by atoms with Crippen LogP contribution in [0.1, 0.15) is 11.8 Å². The Hall–Kier alpha value is 0.0900. The zero-order valence-electron chi connectivity index (χ0n) is 9.22. The maximum Gasteiger partial charge on any atom is 0.236 e. The van der Waals surface area contributed by atoms with Gasteiger partial charge in [-0.2, -0.15) is 0 Å². The van der Waals surface area contributed by atoms with Crippen LogP contribution in [0.4, 0.5) is 0 Å². The van der Waals surface area contributed by atoms with Gasteiger partial charge in [-0.15, -0.1) is 11.3 Å². The lowest BCUT2D eigenvalue weighted by Crippen LogP contribution is -2.34. The van der Waals surface area contributed by atoms with Crippen LogP contribution < -0.4 is 5.32 Å². The fraction of sp³-hybridized carbons (Fsp3) is 0.500. The van der Waals surface area contributed by atoms with Gasteiger partial charge < -0.3 is 10.2 Å². The number of rotatable bonds is 5. The van der Waals surface area contributed by atoms with E-state index >= 15 is 0 Å². The van der Waals surface area contributed by atoms with E-state index in [-0.39, 0.29) is 5.91 Å². The summed E-state index contributed by atoms with van der Waals surface area (Å²) in [4.78, 5) is 14.4. The molecule has 1 N–H and O–H groups in total. The van der Waals surface area contributed by atoms with Gasteiger partial charge in [0.2, 0.25) is 5.91 Å². The Labute approximate surface area is 116 Å². The Morgan fingerprint density at radius 1 is 1.56 bits per heavy atom. The zero-order chi connectivity index (χ0) is 12.1. The summed E-state index contributed by atoms with van der Waals surface area (Å²) in [6.45, 7) is 3.82. The summed E-state index contributed by atoms with van der Waals surface area (Å²) in [5, 5.41) is 3.13. The lowest BCUT2D eigenvalue weighted by molar-refractivity contribution is -0.128. The van der Waals surface area contributed by atoms with Gasteiger partial charge >= 0.3 is 0 Å². The SMILES string of the molecule is CCN(C)C(=O)CNCc1cc(Br)c(Br)s1. The van der Waals surface area contributed by atoms with E-state index in [9.17, 15) is 4.79 Å². The van der Waals surface area contributed by atoms with Crippen LogP contribution in [0.25, 0.3) is 0 Å². The van der Waals surface area contributed by atoms with E-state index in [0.29, 0.717) is 6.54 Å². The molecule has 0 bridgehead atoms. The maximum absolute atomic E-state index is 11.5. The fourth-order valence-corrected chi connectivity index (χ4v) is 3.23. The number of nitrogens with zero attached hydrogens (tertiary/aromatic N) is 1. The zero-order valence-corrected chi connectivity index (χ0v) is 13.2. The molecule has 0 saturated heterocycles. The monoisotopic (exact) mass is 368 g/mol. The first-order chi connectivity index (χ1) is 7.54. The topological polar surface area (TPSA) is 32.3 Å². The number of hydrogen-bond acceptors (Lipinski definition) is 3. The lowest BCUT2D eigenvalue weighted by atomic mass is 10.4. The van der Waals surface area contributed by atoms with E-state index in [4.69, 9.17) is 0 Å². The molecule has 0 unspecified atom stereocenters. The molecule has 1 aromatic heterocycles. The number of likely N-dealkylation sites (N-methyl/N-ethyl adjacent to an activating group) is 1. The summed E-state index contributed by atoms with van der Waals surface area (Å²) in [5.41, 5.74) is 0. The van der Waals surface area contributed by atoms with Crippen LogP contribution >= 0.6 is 43.2 Å². The Balaban J connectivity index is 2.33. The van der Waals surface area contributed by atoms with Crippen molar-refractivity contribution in [3.05, 3.63) is 19.2 Å². The van der Waals surface area contributed by atoms with Crippen molar-refractivity contribution in [2.24, 2.45) is 0 Å². The minimum Gasteiger partial charge on any atom is -0.345 e. The molecule has 0 aromatic carbocycles. The smallest absolute Gasteiger partial charge is 0.236 e. The molecule has 3 nitrogen and oxygen atoms in total. The van der Waals surface area contributed by atoms with Gasteiger partial charge in [-0.1, -0.05) is 0 Å². The second-order valence-corrected chi connectivity index (χ2v) is 6.65. The molecule has 90 valence electrons. The first-order valence-electron chi connectivity index (χ1n) is 4.93. The summed E-state index contributed by atoms with van der Waals surface area (Å²) < 4.78 is 2.15. The van der Waals surface area contributed by atoms with Crippen molar-refractivity contribution >= 4 is 49.1 Å². The van der Waals surface area contributed by atoms with Crippen LogP contribution in [0.15, 0.2) is 14.3 Å². The molecule has 0 atom stereocenters. The minimum absolute atomic E-state index is 0.122. The van der Waals surface area contributed by atoms with E-state index in [2.05, 4.69) is 43.2 Å². The molecule has 0 aliphatic carbocycles. The highest BCUT2D eigenvalue weighted by atomic mass is 79.9. The number of carbonyl (C=O) groups is 1. The highest BCUT2D eigenvalue weighted by Gasteiger charge is 2.07. The molecule has 0 radical (unpaired) electrons. The quantitative estimate of drug-likeness (QED) is 0.865. The van der Waals surface area contributed by atoms with Crippen LogP contribution in [0, 0.1) is 0 Å². The lowest BCUT2D eigenvalue weighted by Gasteiger charge is -2.14. The van der Waals surface area contributed by atoms with Gasteiger partial charge in [0, 0.05) is 29.5 Å². The second kappa shape index (κ2) is 6.74. The Bertz CT molecular complexity index is 348. The molecule has 1 rings (SSSR count). The third kappa shape index (κ3) is 4.16. The van der Waals surface area contributed by atoms with E-state index in [1.165, 1.54) is 4.88 Å². The van der Waals surface area contributed by atoms with Gasteiger partial charge in [0.25, 0.3) is 0 Å². The van der Waals surface area contributed by atoms with Gasteiger partial charge in [0.15, 0.2) is 0 Å². The Morgan fingerprint density at radius 2 is 2.25 bits per heavy atom. The molecule has 0 fully saturated rings. The number of halogens is 2. The third-order valence-electron chi connectivity index (χ3n) is 2.17. The fourth-order valence-electron chi connectivity index (χ4n) is 1.08. The molecule has 0 aliphatic heterocycles. The second-order valence-electron chi connectivity index (χ2n) is 3.35. The predicted molar refractivity (Wildman–Crippen MR) is 74.7 cm³/mol. The average molecular weight is 370 g/mol. The number of carbonyl (C=O) groups excluding carboxylic acids is 1. The predicted octanol–water partition coefficient (Wildman–Crippen LogP) is 2.84. The van der Waals surface area contributed by atoms with Gasteiger partial charge in [0.1, 0.15) is 0 Å². The van der Waals surface area contributed by atoms with Crippen LogP contribution in [-0.4, -0.2) is 30.9 Å². The molecule has 0 saturated carbocycles. The molecule has 0 spiro atoms. The summed E-state index contributed by atoms with van der Waals surface area (Å²) in [5.74, 6) is 0.122. The summed E-state index contributed by atoms with van der Waals surface area (Å²) >= 11 is 8.53. The Kier molecular flexibility index (Phi) is 5.96. The van der Waals surface area contributed by atoms with E-state index in [0.717, 1.165) is 21.3 Å². The Morgan fingerprint density at radius 3 is 2.75 bits per heavy atom. The van der Waals surface area contributed by atoms with E-state index < -0.39 is 0 Å². The van der Waals surface area contributed by atoms with Crippen molar-refractivity contribution < 1.29 is 4.79 Å². The highest BCUT2D eigenvalue weighted by Crippen LogP contribution is 2.32. The van der Waals surface area contributed by atoms with E-state index in [1.54, 1.807) is 16.2 Å². The first kappa shape index (κ1) is 14.2. The highest BCUT2D eigenvalue weighted by molar-refractivity contribution is 9.13. The molecular formula is C10H14Br2N2OS. The van der Waals surface area contributed by atoms with Crippen molar-refractivity contribution in [1.29, 1.82) is 0 Å². The van der Waals surface area contributed by atoms with Crippen molar-refractivity contribution in [3.8, 4) is 0 Å². The van der Waals surface area contributed by atoms with E-state index in [1.807, 2.05) is 14.0 Å². The van der Waals surface area contributed by atoms with Crippen LogP contribution in [-0.2, 0) is 11.3 Å². The van der Waals surface area contributed by atoms with Gasteiger partial charge in [-0.3, -0.25) is 4.79 Å². The van der Waals surface area contributed by atoms with Gasteiger partial charge in [-0.05, 0) is 44.8 Å². The van der Waals surface area contributed by atoms with Crippen LogP contribution in [0.3, 0.4) is 0 Å². The first-order valence-corrected chi connectivity index (χ1v) is 7.33. The standard InChI is InChI=1S/C10H14Br2N2OS/c1-3-14(2)9(15)6-13-5-7-4-8(11)10(12)16-7/h4,13H,3,5-6H2,1-2H3. The summed E-state index contributed by atoms with van der Waals surface area (Å²) in [7, 11) is 1.81. The summed E-state index contributed by atoms with van der Waals surface area (Å²) in [6, 6.07) is 2.05. The van der Waals surface area contributed by atoms with Gasteiger partial charge in [0.05, 0.1) is 10.3 Å². The van der Waals surface area contributed by atoms with Crippen molar-refractivity contribution in [3.63, 3.8) is 0 Å². The molecule has 1 amide bonds. The third-order valence-corrected chi connectivity index (χ3v) is 5.43. The molecule has 6 heteroatoms. The van der Waals surface area contributed by atoms with Crippen LogP contribution in [0.5, 0.6) is 0 Å². The molecular weight excluding hydrogens is 356 g/mol. The van der Waals surface area contributed by atoms with Crippen molar-refractivity contribution in [2.75, 3.05) is 20.1 Å². The number of amides is 1. The summed E-state index contributed by atoms with van der Waals surface area (Å²) in [6.07, 6.45) is 0. The minimum atomic E-state index is 0.122. The largest absolute Gasteiger partial charge is 0.345 e. The maximum atomic E-state index is 11.5. The van der Waals surface area contributed by atoms with Gasteiger partial charge in [-0.25, -0.2) is 0 Å². The molecule has 1 heterocycles. The van der Waals surface area contributed by atoms with Crippen LogP contribution in [0.2, 0.25) is 0 Å².